The summed E-state index contributed by atoms with van der Waals surface area (Å²) in [4.78, 5) is 0. The molecule has 20 heavy (non-hydrogen) atoms. The Morgan fingerprint density at radius 1 is 1.25 bits per heavy atom. The highest BCUT2D eigenvalue weighted by Crippen LogP contribution is 2.38. The summed E-state index contributed by atoms with van der Waals surface area (Å²) in [5.41, 5.74) is 0.923. The van der Waals surface area contributed by atoms with Crippen molar-refractivity contribution in [2.45, 2.75) is 38.9 Å². The zero-order chi connectivity index (χ0) is 15.0. The fourth-order valence-electron chi connectivity index (χ4n) is 1.99. The van der Waals surface area contributed by atoms with Crippen LogP contribution in [-0.4, -0.2) is 30.0 Å². The van der Waals surface area contributed by atoms with E-state index < -0.39 is 18.3 Å². The zero-order valence-corrected chi connectivity index (χ0v) is 13.9. The molecule has 0 aliphatic carbocycles. The number of rotatable bonds is 3. The summed E-state index contributed by atoms with van der Waals surface area (Å²) in [5, 5.41) is 9.62. The van der Waals surface area contributed by atoms with Crippen molar-refractivity contribution in [3.05, 3.63) is 39.8 Å². The molecule has 2 rings (SSSR count). The number of aliphatic hydroxyl groups excluding tert-OH is 1. The van der Waals surface area contributed by atoms with Crippen molar-refractivity contribution < 1.29 is 14.4 Å². The molecule has 0 saturated carbocycles. The molecule has 0 unspecified atom stereocenters. The smallest absolute Gasteiger partial charge is 0.400 e. The molecule has 3 nitrogen and oxygen atoms in total. The summed E-state index contributed by atoms with van der Waals surface area (Å²) in [6.45, 7) is 7.91. The first-order chi connectivity index (χ1) is 9.25. The Hall–Kier alpha value is -0.615. The number of hydrogen-bond donors (Lipinski definition) is 1. The monoisotopic (exact) mass is 338 g/mol. The van der Waals surface area contributed by atoms with E-state index in [9.17, 15) is 5.11 Å². The molecular formula is C15H20BBrO3. The van der Waals surface area contributed by atoms with Gasteiger partial charge >= 0.3 is 7.12 Å². The summed E-state index contributed by atoms with van der Waals surface area (Å²) in [6, 6.07) is 7.88. The largest absolute Gasteiger partial charge is 0.492 e. The Bertz CT molecular complexity index is 510. The van der Waals surface area contributed by atoms with Gasteiger partial charge in [0.1, 0.15) is 0 Å². The molecule has 0 spiro atoms. The van der Waals surface area contributed by atoms with Crippen LogP contribution in [0.1, 0.15) is 33.3 Å². The second-order valence-electron chi connectivity index (χ2n) is 6.02. The maximum Gasteiger partial charge on any atom is 0.492 e. The molecule has 1 saturated heterocycles. The average Bonchev–Trinajstić information content (AvgIpc) is 2.55. The summed E-state index contributed by atoms with van der Waals surface area (Å²) in [6.07, 6.45) is 1.91. The van der Waals surface area contributed by atoms with Crippen LogP contribution in [0.3, 0.4) is 0 Å². The fourth-order valence-corrected chi connectivity index (χ4v) is 2.41. The van der Waals surface area contributed by atoms with Crippen LogP contribution >= 0.6 is 15.9 Å². The van der Waals surface area contributed by atoms with E-state index in [1.165, 1.54) is 0 Å². The van der Waals surface area contributed by atoms with Crippen molar-refractivity contribution >= 4 is 29.1 Å². The van der Waals surface area contributed by atoms with Crippen LogP contribution in [0.15, 0.2) is 34.2 Å². The average molecular weight is 339 g/mol. The fraction of sp³-hybridized carbons (Fsp3) is 0.467. The molecule has 1 aliphatic heterocycles. The van der Waals surface area contributed by atoms with Crippen LogP contribution < -0.4 is 0 Å². The molecule has 0 bridgehead atoms. The van der Waals surface area contributed by atoms with Crippen molar-refractivity contribution in [3.63, 3.8) is 0 Å². The molecule has 0 aromatic heterocycles. The lowest BCUT2D eigenvalue weighted by Gasteiger charge is -2.32. The molecule has 108 valence electrons. The predicted molar refractivity (Wildman–Crippen MR) is 85.3 cm³/mol. The highest BCUT2D eigenvalue weighted by Gasteiger charge is 2.52. The van der Waals surface area contributed by atoms with E-state index >= 15 is 0 Å². The number of hydrogen-bond acceptors (Lipinski definition) is 3. The van der Waals surface area contributed by atoms with Crippen molar-refractivity contribution in [3.8, 4) is 0 Å². The second-order valence-corrected chi connectivity index (χ2v) is 6.94. The first kappa shape index (κ1) is 15.8. The van der Waals surface area contributed by atoms with Crippen LogP contribution in [0, 0.1) is 0 Å². The number of halogens is 1. The van der Waals surface area contributed by atoms with Crippen molar-refractivity contribution in [2.75, 3.05) is 6.61 Å². The van der Waals surface area contributed by atoms with Crippen molar-refractivity contribution in [1.82, 2.24) is 0 Å². The summed E-state index contributed by atoms with van der Waals surface area (Å²) >= 11 is 3.44. The van der Waals surface area contributed by atoms with Gasteiger partial charge in [-0.25, -0.2) is 0 Å². The van der Waals surface area contributed by atoms with Gasteiger partial charge in [0.25, 0.3) is 0 Å². The zero-order valence-electron chi connectivity index (χ0n) is 12.3. The van der Waals surface area contributed by atoms with Gasteiger partial charge in [0.05, 0.1) is 17.8 Å². The lowest BCUT2D eigenvalue weighted by atomic mass is 9.77. The number of benzene rings is 1. The topological polar surface area (TPSA) is 38.7 Å². The first-order valence-electron chi connectivity index (χ1n) is 6.68. The third-order valence-corrected chi connectivity index (χ3v) is 4.43. The molecule has 1 N–H and O–H groups in total. The first-order valence-corrected chi connectivity index (χ1v) is 7.47. The second kappa shape index (κ2) is 5.64. The number of aliphatic hydroxyl groups is 1. The minimum atomic E-state index is -0.510. The minimum absolute atomic E-state index is 0.0939. The van der Waals surface area contributed by atoms with Crippen LogP contribution in [0.5, 0.6) is 0 Å². The van der Waals surface area contributed by atoms with Gasteiger partial charge in [-0.1, -0.05) is 34.1 Å². The SMILES string of the molecule is CC1(C)OB(C(=Cc2cccc(Br)c2)CO)OC1(C)C. The summed E-state index contributed by atoms with van der Waals surface area (Å²) < 4.78 is 12.9. The Morgan fingerprint density at radius 3 is 2.35 bits per heavy atom. The lowest BCUT2D eigenvalue weighted by Crippen LogP contribution is -2.41. The maximum absolute atomic E-state index is 9.62. The molecule has 0 atom stereocenters. The summed E-state index contributed by atoms with van der Waals surface area (Å²) in [7, 11) is -0.510. The predicted octanol–water partition coefficient (Wildman–Crippen LogP) is 3.46. The molecule has 0 amide bonds. The molecule has 1 heterocycles. The molecule has 0 radical (unpaired) electrons. The van der Waals surface area contributed by atoms with Gasteiger partial charge in [0, 0.05) is 4.47 Å². The van der Waals surface area contributed by atoms with Crippen molar-refractivity contribution in [2.24, 2.45) is 0 Å². The van der Waals surface area contributed by atoms with Crippen molar-refractivity contribution in [1.29, 1.82) is 0 Å². The Kier molecular flexibility index (Phi) is 4.45. The van der Waals surface area contributed by atoms with Gasteiger partial charge < -0.3 is 14.4 Å². The van der Waals surface area contributed by atoms with Gasteiger partial charge in [-0.2, -0.15) is 0 Å². The van der Waals surface area contributed by atoms with E-state index in [-0.39, 0.29) is 6.61 Å². The van der Waals surface area contributed by atoms with Crippen LogP contribution in [0.2, 0.25) is 0 Å². The molecule has 1 aliphatic rings. The van der Waals surface area contributed by atoms with Crippen LogP contribution in [0.25, 0.3) is 6.08 Å². The third kappa shape index (κ3) is 3.17. The van der Waals surface area contributed by atoms with E-state index in [1.54, 1.807) is 0 Å². The van der Waals surface area contributed by atoms with Gasteiger partial charge in [0.2, 0.25) is 0 Å². The quantitative estimate of drug-likeness (QED) is 0.858. The van der Waals surface area contributed by atoms with E-state index in [2.05, 4.69) is 15.9 Å². The maximum atomic E-state index is 9.62. The van der Waals surface area contributed by atoms with E-state index in [1.807, 2.05) is 58.0 Å². The molecular weight excluding hydrogens is 319 g/mol. The molecule has 1 aromatic carbocycles. The van der Waals surface area contributed by atoms with E-state index in [4.69, 9.17) is 9.31 Å². The molecule has 1 aromatic rings. The Labute approximate surface area is 129 Å². The highest BCUT2D eigenvalue weighted by atomic mass is 79.9. The van der Waals surface area contributed by atoms with Crippen LogP contribution in [0.4, 0.5) is 0 Å². The normalized spacial score (nSPS) is 21.3. The Balaban J connectivity index is 2.26. The highest BCUT2D eigenvalue weighted by molar-refractivity contribution is 9.10. The standard InChI is InChI=1S/C15H20BBrO3/c1-14(2)15(3,4)20-16(19-14)12(10-18)8-11-6-5-7-13(17)9-11/h5-9,18H,10H2,1-4H3. The lowest BCUT2D eigenvalue weighted by molar-refractivity contribution is 0.00578. The van der Waals surface area contributed by atoms with E-state index in [0.717, 1.165) is 15.5 Å². The van der Waals surface area contributed by atoms with Crippen LogP contribution in [-0.2, 0) is 9.31 Å². The molecule has 5 heteroatoms. The minimum Gasteiger partial charge on any atom is -0.400 e. The van der Waals surface area contributed by atoms with Gasteiger partial charge in [-0.05, 0) is 50.9 Å². The Morgan fingerprint density at radius 2 is 1.85 bits per heavy atom. The van der Waals surface area contributed by atoms with Gasteiger partial charge in [0.15, 0.2) is 0 Å². The summed E-state index contributed by atoms with van der Waals surface area (Å²) in [5.74, 6) is 0. The van der Waals surface area contributed by atoms with Gasteiger partial charge in [-0.3, -0.25) is 0 Å². The third-order valence-electron chi connectivity index (χ3n) is 3.94. The van der Waals surface area contributed by atoms with E-state index in [0.29, 0.717) is 0 Å². The molecule has 1 fully saturated rings. The van der Waals surface area contributed by atoms with Gasteiger partial charge in [-0.15, -0.1) is 0 Å².